The van der Waals surface area contributed by atoms with Crippen molar-refractivity contribution >= 4 is 35.1 Å². The molecule has 5 nitrogen and oxygen atoms in total. The summed E-state index contributed by atoms with van der Waals surface area (Å²) in [5.74, 6) is -1.55. The van der Waals surface area contributed by atoms with E-state index < -0.39 is 11.8 Å². The maximum Gasteiger partial charge on any atom is 0.329 e. The van der Waals surface area contributed by atoms with Crippen molar-refractivity contribution in [3.63, 3.8) is 0 Å². The van der Waals surface area contributed by atoms with Gasteiger partial charge in [0.1, 0.15) is 0 Å². The Kier molecular flexibility index (Phi) is 4.84. The molecule has 0 spiro atoms. The number of rotatable bonds is 3. The Morgan fingerprint density at radius 1 is 1.19 bits per heavy atom. The van der Waals surface area contributed by atoms with E-state index in [1.165, 1.54) is 17.6 Å². The van der Waals surface area contributed by atoms with Gasteiger partial charge in [-0.1, -0.05) is 18.2 Å². The molecule has 0 fully saturated rings. The molecule has 2 N–H and O–H groups in total. The number of nitrogens with one attached hydrogen (secondary N) is 2. The van der Waals surface area contributed by atoms with E-state index in [1.807, 2.05) is 49.6 Å². The van der Waals surface area contributed by atoms with Gasteiger partial charge in [0.15, 0.2) is 0 Å². The van der Waals surface area contributed by atoms with Crippen molar-refractivity contribution in [3.05, 3.63) is 51.7 Å². The Labute approximate surface area is 126 Å². The van der Waals surface area contributed by atoms with Crippen molar-refractivity contribution in [2.45, 2.75) is 13.8 Å². The van der Waals surface area contributed by atoms with Gasteiger partial charge in [0, 0.05) is 10.6 Å². The third-order valence-corrected chi connectivity index (χ3v) is 3.56. The number of anilines is 1. The number of hydrogen-bond donors (Lipinski definition) is 2. The predicted molar refractivity (Wildman–Crippen MR) is 84.6 cm³/mol. The van der Waals surface area contributed by atoms with Crippen molar-refractivity contribution < 1.29 is 9.59 Å². The minimum absolute atomic E-state index is 0.623. The number of amides is 2. The van der Waals surface area contributed by atoms with Gasteiger partial charge >= 0.3 is 11.8 Å². The summed E-state index contributed by atoms with van der Waals surface area (Å²) in [5.41, 5.74) is 4.72. The van der Waals surface area contributed by atoms with E-state index in [9.17, 15) is 9.59 Å². The maximum absolute atomic E-state index is 11.8. The van der Waals surface area contributed by atoms with Gasteiger partial charge in [0.25, 0.3) is 0 Å². The summed E-state index contributed by atoms with van der Waals surface area (Å²) < 4.78 is 0. The van der Waals surface area contributed by atoms with Crippen LogP contribution in [0.5, 0.6) is 0 Å². The highest BCUT2D eigenvalue weighted by molar-refractivity contribution is 7.11. The Bertz CT molecular complexity index is 678. The van der Waals surface area contributed by atoms with Crippen LogP contribution >= 0.6 is 11.3 Å². The van der Waals surface area contributed by atoms with E-state index in [1.54, 1.807) is 0 Å². The summed E-state index contributed by atoms with van der Waals surface area (Å²) in [7, 11) is 0. The molecule has 0 atom stereocenters. The minimum Gasteiger partial charge on any atom is -0.317 e. The quantitative estimate of drug-likeness (QED) is 0.519. The van der Waals surface area contributed by atoms with Crippen LogP contribution in [-0.4, -0.2) is 18.0 Å². The topological polar surface area (TPSA) is 70.6 Å². The molecule has 0 aliphatic heterocycles. The third-order valence-electron chi connectivity index (χ3n) is 2.75. The molecular weight excluding hydrogens is 286 g/mol. The zero-order valence-electron chi connectivity index (χ0n) is 11.7. The summed E-state index contributed by atoms with van der Waals surface area (Å²) in [5, 5.41) is 8.21. The molecule has 1 heterocycles. The van der Waals surface area contributed by atoms with Crippen molar-refractivity contribution in [1.82, 2.24) is 5.43 Å². The molecule has 0 aliphatic rings. The molecule has 0 bridgehead atoms. The standard InChI is InChI=1S/C15H15N3O2S/c1-10-5-6-11(2)13(8-10)17-14(19)15(20)18-16-9-12-4-3-7-21-12/h3-9H,1-2H3,(H,17,19)(H,18,20). The van der Waals surface area contributed by atoms with E-state index in [0.717, 1.165) is 16.0 Å². The van der Waals surface area contributed by atoms with E-state index in [4.69, 9.17) is 0 Å². The monoisotopic (exact) mass is 301 g/mol. The van der Waals surface area contributed by atoms with Gasteiger partial charge in [-0.25, -0.2) is 5.43 Å². The minimum atomic E-state index is -0.802. The molecule has 0 unspecified atom stereocenters. The number of carbonyl (C=O) groups excluding carboxylic acids is 2. The Balaban J connectivity index is 1.93. The van der Waals surface area contributed by atoms with E-state index >= 15 is 0 Å². The molecule has 0 saturated carbocycles. The summed E-state index contributed by atoms with van der Waals surface area (Å²) in [6.45, 7) is 3.78. The number of hydrogen-bond acceptors (Lipinski definition) is 4. The average molecular weight is 301 g/mol. The highest BCUT2D eigenvalue weighted by atomic mass is 32.1. The van der Waals surface area contributed by atoms with E-state index in [2.05, 4.69) is 15.8 Å². The van der Waals surface area contributed by atoms with Crippen LogP contribution in [0.3, 0.4) is 0 Å². The van der Waals surface area contributed by atoms with Crippen LogP contribution in [0.25, 0.3) is 0 Å². The largest absolute Gasteiger partial charge is 0.329 e. The fraction of sp³-hybridized carbons (Fsp3) is 0.133. The number of hydrazone groups is 1. The first-order chi connectivity index (χ1) is 10.1. The molecule has 0 aliphatic carbocycles. The van der Waals surface area contributed by atoms with Gasteiger partial charge in [-0.15, -0.1) is 11.3 Å². The first-order valence-electron chi connectivity index (χ1n) is 6.31. The number of carbonyl (C=O) groups is 2. The summed E-state index contributed by atoms with van der Waals surface area (Å²) in [4.78, 5) is 24.3. The van der Waals surface area contributed by atoms with Crippen LogP contribution in [0.4, 0.5) is 5.69 Å². The summed E-state index contributed by atoms with van der Waals surface area (Å²) in [6.07, 6.45) is 1.49. The van der Waals surface area contributed by atoms with Crippen molar-refractivity contribution in [3.8, 4) is 0 Å². The Hall–Kier alpha value is -2.47. The zero-order chi connectivity index (χ0) is 15.2. The van der Waals surface area contributed by atoms with Gasteiger partial charge in [0.05, 0.1) is 6.21 Å². The molecule has 2 amide bonds. The third kappa shape index (κ3) is 4.25. The predicted octanol–water partition coefficient (Wildman–Crippen LogP) is 2.45. The fourth-order valence-electron chi connectivity index (χ4n) is 1.62. The molecule has 0 radical (unpaired) electrons. The van der Waals surface area contributed by atoms with Gasteiger partial charge in [-0.2, -0.15) is 5.10 Å². The lowest BCUT2D eigenvalue weighted by atomic mass is 10.1. The van der Waals surface area contributed by atoms with Gasteiger partial charge in [-0.3, -0.25) is 9.59 Å². The normalized spacial score (nSPS) is 10.6. The second-order valence-corrected chi connectivity index (χ2v) is 5.47. The number of aryl methyl sites for hydroxylation is 2. The Morgan fingerprint density at radius 2 is 2.00 bits per heavy atom. The van der Waals surface area contributed by atoms with Crippen LogP contribution < -0.4 is 10.7 Å². The fourth-order valence-corrected chi connectivity index (χ4v) is 2.20. The first-order valence-corrected chi connectivity index (χ1v) is 7.19. The van der Waals surface area contributed by atoms with Gasteiger partial charge in [-0.05, 0) is 42.5 Å². The van der Waals surface area contributed by atoms with Crippen LogP contribution in [-0.2, 0) is 9.59 Å². The van der Waals surface area contributed by atoms with Crippen molar-refractivity contribution in [1.29, 1.82) is 0 Å². The molecule has 1 aromatic carbocycles. The van der Waals surface area contributed by atoms with Crippen LogP contribution in [0.15, 0.2) is 40.8 Å². The molecule has 6 heteroatoms. The number of benzene rings is 1. The van der Waals surface area contributed by atoms with E-state index in [0.29, 0.717) is 5.69 Å². The highest BCUT2D eigenvalue weighted by Crippen LogP contribution is 2.16. The first kappa shape index (κ1) is 14.9. The lowest BCUT2D eigenvalue weighted by Crippen LogP contribution is -2.32. The molecular formula is C15H15N3O2S. The van der Waals surface area contributed by atoms with Crippen LogP contribution in [0.2, 0.25) is 0 Å². The van der Waals surface area contributed by atoms with Gasteiger partial charge in [0.2, 0.25) is 0 Å². The maximum atomic E-state index is 11.8. The van der Waals surface area contributed by atoms with E-state index in [-0.39, 0.29) is 0 Å². The van der Waals surface area contributed by atoms with Crippen molar-refractivity contribution in [2.24, 2.45) is 5.10 Å². The zero-order valence-corrected chi connectivity index (χ0v) is 12.5. The molecule has 1 aromatic heterocycles. The highest BCUT2D eigenvalue weighted by Gasteiger charge is 2.13. The smallest absolute Gasteiger partial charge is 0.317 e. The Morgan fingerprint density at radius 3 is 2.71 bits per heavy atom. The number of thiophene rings is 1. The molecule has 2 rings (SSSR count). The second-order valence-electron chi connectivity index (χ2n) is 4.49. The molecule has 108 valence electrons. The lowest BCUT2D eigenvalue weighted by Gasteiger charge is -2.08. The van der Waals surface area contributed by atoms with Crippen LogP contribution in [0.1, 0.15) is 16.0 Å². The van der Waals surface area contributed by atoms with Crippen molar-refractivity contribution in [2.75, 3.05) is 5.32 Å². The lowest BCUT2D eigenvalue weighted by molar-refractivity contribution is -0.136. The van der Waals surface area contributed by atoms with Crippen LogP contribution in [0, 0.1) is 13.8 Å². The molecule has 0 saturated heterocycles. The SMILES string of the molecule is Cc1ccc(C)c(NC(=O)C(=O)NN=Cc2cccs2)c1. The average Bonchev–Trinajstić information content (AvgIpc) is 2.96. The van der Waals surface area contributed by atoms with Gasteiger partial charge < -0.3 is 5.32 Å². The summed E-state index contributed by atoms with van der Waals surface area (Å²) >= 11 is 1.49. The molecule has 21 heavy (non-hydrogen) atoms. The number of nitrogens with zero attached hydrogens (tertiary/aromatic N) is 1. The second kappa shape index (κ2) is 6.81. The summed E-state index contributed by atoms with van der Waals surface area (Å²) in [6, 6.07) is 9.38. The molecule has 2 aromatic rings.